The van der Waals surface area contributed by atoms with E-state index in [1.165, 1.54) is 10.6 Å². The van der Waals surface area contributed by atoms with Gasteiger partial charge >= 0.3 is 0 Å². The summed E-state index contributed by atoms with van der Waals surface area (Å²) in [7, 11) is 0. The Balaban J connectivity index is 1.45. The van der Waals surface area contributed by atoms with Crippen LogP contribution in [0.2, 0.25) is 0 Å². The highest BCUT2D eigenvalue weighted by molar-refractivity contribution is 6.35. The number of anilines is 1. The maximum Gasteiger partial charge on any atom is 0.278 e. The van der Waals surface area contributed by atoms with Gasteiger partial charge in [0.1, 0.15) is 11.5 Å². The fraction of sp³-hybridized carbons (Fsp3) is 0.231. The first-order valence-corrected chi connectivity index (χ1v) is 10.9. The lowest BCUT2D eigenvalue weighted by Gasteiger charge is -2.37. The maximum atomic E-state index is 13.5. The molecular formula is C26H25N3O3. The number of carbonyl (C=O) groups excluding carboxylic acids is 2. The van der Waals surface area contributed by atoms with E-state index in [4.69, 9.17) is 4.42 Å². The lowest BCUT2D eigenvalue weighted by molar-refractivity contribution is -0.138. The van der Waals surface area contributed by atoms with Crippen molar-refractivity contribution >= 4 is 23.1 Å². The molecular weight excluding hydrogens is 402 g/mol. The van der Waals surface area contributed by atoms with Gasteiger partial charge in [0.2, 0.25) is 0 Å². The molecule has 3 aromatic rings. The van der Waals surface area contributed by atoms with E-state index in [1.807, 2.05) is 49.4 Å². The van der Waals surface area contributed by atoms with Gasteiger partial charge in [-0.2, -0.15) is 0 Å². The third-order valence-electron chi connectivity index (χ3n) is 6.10. The Morgan fingerprint density at radius 2 is 1.47 bits per heavy atom. The molecule has 1 aromatic heterocycles. The second kappa shape index (κ2) is 8.38. The zero-order chi connectivity index (χ0) is 22.1. The number of amides is 2. The normalized spacial score (nSPS) is 17.0. The van der Waals surface area contributed by atoms with Gasteiger partial charge in [0.25, 0.3) is 11.8 Å². The summed E-state index contributed by atoms with van der Waals surface area (Å²) in [6.45, 7) is 5.06. The molecule has 0 N–H and O–H groups in total. The van der Waals surface area contributed by atoms with E-state index in [1.54, 1.807) is 18.4 Å². The third kappa shape index (κ3) is 3.68. The number of hydrogen-bond donors (Lipinski definition) is 0. The molecule has 1 saturated heterocycles. The highest BCUT2D eigenvalue weighted by Crippen LogP contribution is 2.33. The van der Waals surface area contributed by atoms with Crippen molar-refractivity contribution in [1.82, 2.24) is 9.80 Å². The summed E-state index contributed by atoms with van der Waals surface area (Å²) in [5.41, 5.74) is 4.04. The van der Waals surface area contributed by atoms with Gasteiger partial charge in [-0.1, -0.05) is 48.0 Å². The summed E-state index contributed by atoms with van der Waals surface area (Å²) in [5.74, 6) is 0.0657. The molecule has 3 heterocycles. The van der Waals surface area contributed by atoms with Crippen LogP contribution in [0.5, 0.6) is 0 Å². The quantitative estimate of drug-likeness (QED) is 0.582. The van der Waals surface area contributed by atoms with E-state index in [9.17, 15) is 9.59 Å². The number of furan rings is 1. The lowest BCUT2D eigenvalue weighted by Crippen LogP contribution is -2.47. The largest absolute Gasteiger partial charge is 0.467 e. The number of carbonyl (C=O) groups is 2. The molecule has 0 bridgehead atoms. The molecule has 0 atom stereocenters. The Bertz CT molecular complexity index is 1140. The van der Waals surface area contributed by atoms with Crippen molar-refractivity contribution in [3.8, 4) is 0 Å². The molecule has 1 fully saturated rings. The van der Waals surface area contributed by atoms with E-state index in [0.29, 0.717) is 30.1 Å². The van der Waals surface area contributed by atoms with E-state index in [2.05, 4.69) is 21.9 Å². The number of benzene rings is 2. The van der Waals surface area contributed by atoms with Crippen LogP contribution in [0.25, 0.3) is 5.57 Å². The van der Waals surface area contributed by atoms with Gasteiger partial charge in [-0.15, -0.1) is 0 Å². The molecule has 0 aliphatic carbocycles. The van der Waals surface area contributed by atoms with Crippen molar-refractivity contribution in [3.63, 3.8) is 0 Å². The van der Waals surface area contributed by atoms with Gasteiger partial charge in [-0.25, -0.2) is 0 Å². The predicted molar refractivity (Wildman–Crippen MR) is 123 cm³/mol. The highest BCUT2D eigenvalue weighted by atomic mass is 16.3. The molecule has 2 aliphatic heterocycles. The van der Waals surface area contributed by atoms with E-state index in [0.717, 1.165) is 24.2 Å². The molecule has 6 nitrogen and oxygen atoms in total. The number of aryl methyl sites for hydroxylation is 1. The molecule has 0 unspecified atom stereocenters. The fourth-order valence-corrected chi connectivity index (χ4v) is 4.37. The van der Waals surface area contributed by atoms with Crippen LogP contribution < -0.4 is 4.90 Å². The molecule has 5 rings (SSSR count). The van der Waals surface area contributed by atoms with Crippen LogP contribution in [0.15, 0.2) is 83.1 Å². The standard InChI is InChI=1S/C26H25N3O3/c1-19-9-11-20(12-10-19)23-24(26(31)29(25(23)30)18-22-8-5-17-32-22)28-15-13-27(14-16-28)21-6-3-2-4-7-21/h2-12,17H,13-16,18H2,1H3. The molecule has 2 amide bonds. The molecule has 32 heavy (non-hydrogen) atoms. The van der Waals surface area contributed by atoms with Gasteiger partial charge in [0, 0.05) is 31.9 Å². The topological polar surface area (TPSA) is 57.0 Å². The minimum Gasteiger partial charge on any atom is -0.467 e. The van der Waals surface area contributed by atoms with Crippen LogP contribution in [-0.4, -0.2) is 47.8 Å². The average Bonchev–Trinajstić information content (AvgIpc) is 3.43. The SMILES string of the molecule is Cc1ccc(C2=C(N3CCN(c4ccccc4)CC3)C(=O)N(Cc3ccco3)C2=O)cc1. The van der Waals surface area contributed by atoms with Gasteiger partial charge < -0.3 is 14.2 Å². The summed E-state index contributed by atoms with van der Waals surface area (Å²) in [6.07, 6.45) is 1.55. The molecule has 0 radical (unpaired) electrons. The Labute approximate surface area is 187 Å². The first kappa shape index (κ1) is 20.1. The predicted octanol–water partition coefficient (Wildman–Crippen LogP) is 3.69. The van der Waals surface area contributed by atoms with Crippen LogP contribution in [-0.2, 0) is 16.1 Å². The third-order valence-corrected chi connectivity index (χ3v) is 6.10. The van der Waals surface area contributed by atoms with Crippen LogP contribution >= 0.6 is 0 Å². The van der Waals surface area contributed by atoms with Crippen molar-refractivity contribution < 1.29 is 14.0 Å². The van der Waals surface area contributed by atoms with Crippen molar-refractivity contribution in [2.75, 3.05) is 31.1 Å². The summed E-state index contributed by atoms with van der Waals surface area (Å²) in [4.78, 5) is 32.6. The summed E-state index contributed by atoms with van der Waals surface area (Å²) >= 11 is 0. The highest BCUT2D eigenvalue weighted by Gasteiger charge is 2.42. The van der Waals surface area contributed by atoms with Gasteiger partial charge in [0.15, 0.2) is 0 Å². The Kier molecular flexibility index (Phi) is 5.27. The average molecular weight is 428 g/mol. The van der Waals surface area contributed by atoms with Gasteiger partial charge in [-0.05, 0) is 36.8 Å². The van der Waals surface area contributed by atoms with Crippen LogP contribution in [0.4, 0.5) is 5.69 Å². The van der Waals surface area contributed by atoms with Gasteiger partial charge in [-0.3, -0.25) is 14.5 Å². The lowest BCUT2D eigenvalue weighted by atomic mass is 10.0. The number of piperazine rings is 1. The minimum absolute atomic E-state index is 0.132. The Morgan fingerprint density at radius 1 is 0.781 bits per heavy atom. The molecule has 162 valence electrons. The van der Waals surface area contributed by atoms with E-state index < -0.39 is 0 Å². The first-order chi connectivity index (χ1) is 15.6. The molecule has 2 aliphatic rings. The van der Waals surface area contributed by atoms with Gasteiger partial charge in [0.05, 0.1) is 18.4 Å². The second-order valence-electron chi connectivity index (χ2n) is 8.18. The zero-order valence-corrected chi connectivity index (χ0v) is 18.0. The number of para-hydroxylation sites is 1. The summed E-state index contributed by atoms with van der Waals surface area (Å²) < 4.78 is 5.41. The van der Waals surface area contributed by atoms with Crippen LogP contribution in [0, 0.1) is 6.92 Å². The molecule has 6 heteroatoms. The summed E-state index contributed by atoms with van der Waals surface area (Å²) in [6, 6.07) is 21.6. The monoisotopic (exact) mass is 427 g/mol. The zero-order valence-electron chi connectivity index (χ0n) is 18.0. The van der Waals surface area contributed by atoms with E-state index in [-0.39, 0.29) is 18.4 Å². The molecule has 0 spiro atoms. The maximum absolute atomic E-state index is 13.5. The Morgan fingerprint density at radius 3 is 2.12 bits per heavy atom. The van der Waals surface area contributed by atoms with Crippen LogP contribution in [0.3, 0.4) is 0 Å². The van der Waals surface area contributed by atoms with Crippen LogP contribution in [0.1, 0.15) is 16.9 Å². The van der Waals surface area contributed by atoms with Crippen molar-refractivity contribution in [2.45, 2.75) is 13.5 Å². The molecule has 2 aromatic carbocycles. The minimum atomic E-state index is -0.268. The van der Waals surface area contributed by atoms with Crippen molar-refractivity contribution in [2.24, 2.45) is 0 Å². The van der Waals surface area contributed by atoms with Crippen molar-refractivity contribution in [1.29, 1.82) is 0 Å². The number of rotatable bonds is 5. The number of nitrogens with zero attached hydrogens (tertiary/aromatic N) is 3. The number of imide groups is 1. The fourth-order valence-electron chi connectivity index (χ4n) is 4.37. The first-order valence-electron chi connectivity index (χ1n) is 10.9. The van der Waals surface area contributed by atoms with E-state index >= 15 is 0 Å². The second-order valence-corrected chi connectivity index (χ2v) is 8.18. The Hall–Kier alpha value is -3.80. The number of hydrogen-bond acceptors (Lipinski definition) is 5. The van der Waals surface area contributed by atoms with Crippen molar-refractivity contribution in [3.05, 3.63) is 95.6 Å². The summed E-state index contributed by atoms with van der Waals surface area (Å²) in [5, 5.41) is 0. The molecule has 0 saturated carbocycles. The smallest absolute Gasteiger partial charge is 0.278 e.